The summed E-state index contributed by atoms with van der Waals surface area (Å²) in [5, 5.41) is 7.71. The maximum absolute atomic E-state index is 12.9. The van der Waals surface area contributed by atoms with Gasteiger partial charge < -0.3 is 15.1 Å². The Balaban J connectivity index is 1.32. The molecule has 4 amide bonds. The molecule has 1 aliphatic rings. The summed E-state index contributed by atoms with van der Waals surface area (Å²) in [7, 11) is 0. The predicted octanol–water partition coefficient (Wildman–Crippen LogP) is 1.77. The molecule has 2 aromatic rings. The number of carbonyl (C=O) groups excluding carboxylic acids is 3. The third-order valence-electron chi connectivity index (χ3n) is 4.96. The molecule has 8 nitrogen and oxygen atoms in total. The lowest BCUT2D eigenvalue weighted by Crippen LogP contribution is -2.47. The number of amides is 4. The van der Waals surface area contributed by atoms with Gasteiger partial charge in [0, 0.05) is 12.5 Å². The van der Waals surface area contributed by atoms with Crippen LogP contribution in [0.25, 0.3) is 0 Å². The molecule has 0 unspecified atom stereocenters. The molecule has 1 fully saturated rings. The Bertz CT molecular complexity index is 846. The van der Waals surface area contributed by atoms with Crippen molar-refractivity contribution in [2.45, 2.75) is 25.9 Å². The average molecular weight is 416 g/mol. The van der Waals surface area contributed by atoms with Crippen LogP contribution in [0.3, 0.4) is 0 Å². The number of nitrogens with zero attached hydrogens (tertiary/aromatic N) is 1. The molecule has 0 radical (unpaired) electrons. The lowest BCUT2D eigenvalue weighted by Gasteiger charge is -2.30. The van der Waals surface area contributed by atoms with Gasteiger partial charge in [0.2, 0.25) is 11.8 Å². The van der Waals surface area contributed by atoms with Gasteiger partial charge in [-0.3, -0.25) is 19.8 Å². The van der Waals surface area contributed by atoms with Gasteiger partial charge in [0.25, 0.3) is 0 Å². The van der Waals surface area contributed by atoms with Gasteiger partial charge in [0.05, 0.1) is 19.4 Å². The summed E-state index contributed by atoms with van der Waals surface area (Å²) in [6, 6.07) is 8.87. The normalized spacial score (nSPS) is 14.8. The third-order valence-corrected chi connectivity index (χ3v) is 4.96. The Morgan fingerprint density at radius 1 is 1.03 bits per heavy atom. The van der Waals surface area contributed by atoms with Crippen molar-refractivity contribution in [3.63, 3.8) is 0 Å². The minimum absolute atomic E-state index is 0.0410. The fourth-order valence-corrected chi connectivity index (χ4v) is 3.28. The molecular formula is C21H25FN4O4. The fraction of sp³-hybridized carbons (Fsp3) is 0.381. The van der Waals surface area contributed by atoms with Crippen molar-refractivity contribution < 1.29 is 23.2 Å². The lowest BCUT2D eigenvalue weighted by molar-refractivity contribution is -0.126. The minimum Gasteiger partial charge on any atom is -0.467 e. The number of likely N-dealkylation sites (tertiary alicyclic amines) is 1. The zero-order valence-electron chi connectivity index (χ0n) is 16.5. The average Bonchev–Trinajstić information content (AvgIpc) is 3.26. The Morgan fingerprint density at radius 3 is 2.43 bits per heavy atom. The molecule has 160 valence electrons. The number of hydrogen-bond acceptors (Lipinski definition) is 5. The van der Waals surface area contributed by atoms with Gasteiger partial charge in [-0.2, -0.15) is 0 Å². The van der Waals surface area contributed by atoms with E-state index in [-0.39, 0.29) is 30.7 Å². The van der Waals surface area contributed by atoms with Crippen LogP contribution >= 0.6 is 0 Å². The van der Waals surface area contributed by atoms with E-state index in [1.807, 2.05) is 4.90 Å². The third kappa shape index (κ3) is 6.70. The highest BCUT2D eigenvalue weighted by molar-refractivity contribution is 5.95. The predicted molar refractivity (Wildman–Crippen MR) is 106 cm³/mol. The first-order chi connectivity index (χ1) is 14.5. The van der Waals surface area contributed by atoms with Gasteiger partial charge in [0.1, 0.15) is 11.6 Å². The van der Waals surface area contributed by atoms with Gasteiger partial charge in [-0.15, -0.1) is 0 Å². The summed E-state index contributed by atoms with van der Waals surface area (Å²) in [6.07, 6.45) is 2.77. The van der Waals surface area contributed by atoms with E-state index in [9.17, 15) is 18.8 Å². The standard InChI is InChI=1S/C21H25FN4O4/c22-17-5-3-15(4-6-17)12-23-20(28)16-7-9-26(10-8-16)14-19(27)25-21(29)24-13-18-2-1-11-30-18/h1-6,11,16H,7-10,12-14H2,(H,23,28)(H2,24,25,27,29). The summed E-state index contributed by atoms with van der Waals surface area (Å²) < 4.78 is 18.0. The molecule has 0 aliphatic carbocycles. The fourth-order valence-electron chi connectivity index (χ4n) is 3.28. The van der Waals surface area contributed by atoms with Crippen LogP contribution in [0.4, 0.5) is 9.18 Å². The number of carbonyl (C=O) groups is 3. The Morgan fingerprint density at radius 2 is 1.77 bits per heavy atom. The van der Waals surface area contributed by atoms with Crippen LogP contribution in [-0.4, -0.2) is 42.4 Å². The van der Waals surface area contributed by atoms with E-state index < -0.39 is 11.9 Å². The number of benzene rings is 1. The summed E-state index contributed by atoms with van der Waals surface area (Å²) >= 11 is 0. The molecule has 0 atom stereocenters. The second-order valence-electron chi connectivity index (χ2n) is 7.20. The molecule has 9 heteroatoms. The van der Waals surface area contributed by atoms with Gasteiger partial charge in [-0.1, -0.05) is 12.1 Å². The second kappa shape index (κ2) is 10.5. The van der Waals surface area contributed by atoms with Crippen molar-refractivity contribution in [2.24, 2.45) is 5.92 Å². The quantitative estimate of drug-likeness (QED) is 0.638. The van der Waals surface area contributed by atoms with Crippen molar-refractivity contribution in [3.05, 3.63) is 59.8 Å². The molecule has 30 heavy (non-hydrogen) atoms. The highest BCUT2D eigenvalue weighted by atomic mass is 19.1. The van der Waals surface area contributed by atoms with Crippen LogP contribution in [-0.2, 0) is 22.7 Å². The zero-order valence-corrected chi connectivity index (χ0v) is 16.5. The van der Waals surface area contributed by atoms with Gasteiger partial charge in [-0.05, 0) is 55.8 Å². The largest absolute Gasteiger partial charge is 0.467 e. The van der Waals surface area contributed by atoms with E-state index in [1.54, 1.807) is 24.3 Å². The summed E-state index contributed by atoms with van der Waals surface area (Å²) in [5.74, 6) is -0.276. The SMILES string of the molecule is O=C(CN1CCC(C(=O)NCc2ccc(F)cc2)CC1)NC(=O)NCc1ccco1. The van der Waals surface area contributed by atoms with E-state index in [1.165, 1.54) is 18.4 Å². The summed E-state index contributed by atoms with van der Waals surface area (Å²) in [4.78, 5) is 38.1. The lowest BCUT2D eigenvalue weighted by atomic mass is 9.96. The Kier molecular flexibility index (Phi) is 7.56. The van der Waals surface area contributed by atoms with E-state index in [0.29, 0.717) is 38.2 Å². The monoisotopic (exact) mass is 416 g/mol. The highest BCUT2D eigenvalue weighted by Crippen LogP contribution is 2.17. The Hall–Kier alpha value is -3.20. The van der Waals surface area contributed by atoms with E-state index in [2.05, 4.69) is 16.0 Å². The van der Waals surface area contributed by atoms with Crippen molar-refractivity contribution in [1.82, 2.24) is 20.9 Å². The number of nitrogens with one attached hydrogen (secondary N) is 3. The summed E-state index contributed by atoms with van der Waals surface area (Å²) in [5.41, 5.74) is 0.837. The van der Waals surface area contributed by atoms with Crippen LogP contribution in [0.15, 0.2) is 47.1 Å². The van der Waals surface area contributed by atoms with E-state index in [4.69, 9.17) is 4.42 Å². The van der Waals surface area contributed by atoms with Crippen molar-refractivity contribution in [1.29, 1.82) is 0 Å². The zero-order chi connectivity index (χ0) is 21.3. The number of halogens is 1. The van der Waals surface area contributed by atoms with Crippen LogP contribution in [0.5, 0.6) is 0 Å². The van der Waals surface area contributed by atoms with Gasteiger partial charge >= 0.3 is 6.03 Å². The van der Waals surface area contributed by atoms with Gasteiger partial charge in [-0.25, -0.2) is 9.18 Å². The molecule has 1 aromatic carbocycles. The van der Waals surface area contributed by atoms with Crippen LogP contribution in [0, 0.1) is 11.7 Å². The number of piperidine rings is 1. The molecule has 0 spiro atoms. The first-order valence-electron chi connectivity index (χ1n) is 9.84. The highest BCUT2D eigenvalue weighted by Gasteiger charge is 2.26. The number of rotatable bonds is 7. The molecule has 2 heterocycles. The summed E-state index contributed by atoms with van der Waals surface area (Å²) in [6.45, 7) is 1.84. The maximum Gasteiger partial charge on any atom is 0.321 e. The van der Waals surface area contributed by atoms with Crippen molar-refractivity contribution in [3.8, 4) is 0 Å². The number of furan rings is 1. The second-order valence-corrected chi connectivity index (χ2v) is 7.20. The number of urea groups is 1. The molecule has 0 saturated carbocycles. The maximum atomic E-state index is 12.9. The van der Waals surface area contributed by atoms with Crippen LogP contribution in [0.1, 0.15) is 24.2 Å². The van der Waals surface area contributed by atoms with Crippen molar-refractivity contribution >= 4 is 17.8 Å². The topological polar surface area (TPSA) is 104 Å². The first-order valence-corrected chi connectivity index (χ1v) is 9.84. The molecule has 0 bridgehead atoms. The van der Waals surface area contributed by atoms with Crippen LogP contribution < -0.4 is 16.0 Å². The van der Waals surface area contributed by atoms with E-state index >= 15 is 0 Å². The minimum atomic E-state index is -0.577. The molecule has 3 rings (SSSR count). The number of hydrogen-bond donors (Lipinski definition) is 3. The van der Waals surface area contributed by atoms with Gasteiger partial charge in [0.15, 0.2) is 0 Å². The molecule has 1 saturated heterocycles. The molecule has 1 aliphatic heterocycles. The smallest absolute Gasteiger partial charge is 0.321 e. The van der Waals surface area contributed by atoms with Crippen molar-refractivity contribution in [2.75, 3.05) is 19.6 Å². The number of imide groups is 1. The van der Waals surface area contributed by atoms with E-state index in [0.717, 1.165) is 5.56 Å². The molecule has 1 aromatic heterocycles. The molecular weight excluding hydrogens is 391 g/mol. The first kappa shape index (κ1) is 21.5. The van der Waals surface area contributed by atoms with Crippen LogP contribution in [0.2, 0.25) is 0 Å². The molecule has 3 N–H and O–H groups in total. The Labute approximate surface area is 173 Å².